The van der Waals surface area contributed by atoms with Crippen molar-refractivity contribution in [3.8, 4) is 0 Å². The van der Waals surface area contributed by atoms with E-state index in [1.165, 1.54) is 16.7 Å². The zero-order valence-corrected chi connectivity index (χ0v) is 12.0. The molecule has 0 heterocycles. The van der Waals surface area contributed by atoms with Crippen molar-refractivity contribution in [1.29, 1.82) is 0 Å². The lowest BCUT2D eigenvalue weighted by Crippen LogP contribution is -2.12. The van der Waals surface area contributed by atoms with Gasteiger partial charge in [-0.15, -0.1) is 0 Å². The van der Waals surface area contributed by atoms with Crippen molar-refractivity contribution in [2.24, 2.45) is 0 Å². The average molecular weight is 320 g/mol. The third-order valence-corrected chi connectivity index (χ3v) is 4.96. The molecular weight excluding hydrogens is 304 g/mol. The van der Waals surface area contributed by atoms with E-state index in [-0.39, 0.29) is 0 Å². The maximum atomic E-state index is 3.68. The minimum atomic E-state index is 0.504. The Balaban J connectivity index is 2.73. The van der Waals surface area contributed by atoms with Gasteiger partial charge in [0.25, 0.3) is 0 Å². The smallest absolute Gasteiger partial charge is 0.0308 e. The van der Waals surface area contributed by atoms with E-state index in [0.29, 0.717) is 9.65 Å². The van der Waals surface area contributed by atoms with Gasteiger partial charge in [0.15, 0.2) is 0 Å². The average Bonchev–Trinajstić information content (AvgIpc) is 2.11. The summed E-state index contributed by atoms with van der Waals surface area (Å²) in [6.45, 7) is 6.48. The van der Waals surface area contributed by atoms with Crippen molar-refractivity contribution >= 4 is 31.9 Å². The van der Waals surface area contributed by atoms with Crippen LogP contribution in [0.15, 0.2) is 18.2 Å². The minimum absolute atomic E-state index is 0.504. The van der Waals surface area contributed by atoms with Crippen LogP contribution in [0.4, 0.5) is 0 Å². The van der Waals surface area contributed by atoms with Gasteiger partial charge in [0.1, 0.15) is 0 Å². The monoisotopic (exact) mass is 318 g/mol. The topological polar surface area (TPSA) is 0 Å². The van der Waals surface area contributed by atoms with E-state index in [9.17, 15) is 0 Å². The lowest BCUT2D eigenvalue weighted by Gasteiger charge is -2.13. The first-order valence-electron chi connectivity index (χ1n) is 4.85. The molecule has 0 bridgehead atoms. The van der Waals surface area contributed by atoms with Crippen molar-refractivity contribution in [2.75, 3.05) is 0 Å². The fourth-order valence-corrected chi connectivity index (χ4v) is 1.88. The Morgan fingerprint density at radius 2 is 1.79 bits per heavy atom. The van der Waals surface area contributed by atoms with Crippen molar-refractivity contribution in [1.82, 2.24) is 0 Å². The van der Waals surface area contributed by atoms with Crippen LogP contribution in [0.25, 0.3) is 0 Å². The van der Waals surface area contributed by atoms with E-state index in [1.54, 1.807) is 0 Å². The van der Waals surface area contributed by atoms with Gasteiger partial charge in [-0.2, -0.15) is 0 Å². The molecular formula is C12H16Br2. The van der Waals surface area contributed by atoms with Gasteiger partial charge in [0.2, 0.25) is 0 Å². The zero-order chi connectivity index (χ0) is 10.7. The molecule has 0 radical (unpaired) electrons. The van der Waals surface area contributed by atoms with Crippen molar-refractivity contribution in [3.05, 3.63) is 34.9 Å². The number of benzene rings is 1. The molecule has 0 aliphatic carbocycles. The molecule has 2 atom stereocenters. The quantitative estimate of drug-likeness (QED) is 0.725. The lowest BCUT2D eigenvalue weighted by molar-refractivity contribution is 0.855. The molecule has 0 saturated heterocycles. The SMILES string of the molecule is Cc1ccc(CC(Br)C(C)Br)cc1C. The summed E-state index contributed by atoms with van der Waals surface area (Å²) < 4.78 is 0. The molecule has 0 N–H and O–H groups in total. The molecule has 1 rings (SSSR count). The van der Waals surface area contributed by atoms with E-state index in [2.05, 4.69) is 70.8 Å². The molecule has 14 heavy (non-hydrogen) atoms. The van der Waals surface area contributed by atoms with Crippen LogP contribution in [0, 0.1) is 13.8 Å². The third kappa shape index (κ3) is 3.39. The van der Waals surface area contributed by atoms with Crippen molar-refractivity contribution in [3.63, 3.8) is 0 Å². The second-order valence-corrected chi connectivity index (χ2v) is 6.44. The van der Waals surface area contributed by atoms with Crippen LogP contribution >= 0.6 is 31.9 Å². The van der Waals surface area contributed by atoms with Gasteiger partial charge in [0, 0.05) is 9.65 Å². The molecule has 0 aliphatic heterocycles. The first kappa shape index (κ1) is 12.3. The van der Waals surface area contributed by atoms with E-state index in [4.69, 9.17) is 0 Å². The molecule has 0 aliphatic rings. The first-order valence-corrected chi connectivity index (χ1v) is 6.68. The Kier molecular flexibility index (Phi) is 4.65. The molecule has 0 saturated carbocycles. The molecule has 1 aromatic rings. The summed E-state index contributed by atoms with van der Waals surface area (Å²) >= 11 is 7.26. The molecule has 2 unspecified atom stereocenters. The molecule has 0 spiro atoms. The number of halogens is 2. The highest BCUT2D eigenvalue weighted by molar-refractivity contribution is 9.12. The summed E-state index contributed by atoms with van der Waals surface area (Å²) in [5, 5.41) is 0. The molecule has 2 heteroatoms. The van der Waals surface area contributed by atoms with E-state index in [0.717, 1.165) is 6.42 Å². The number of rotatable bonds is 3. The van der Waals surface area contributed by atoms with Crippen LogP contribution in [-0.2, 0) is 6.42 Å². The van der Waals surface area contributed by atoms with Crippen LogP contribution in [0.3, 0.4) is 0 Å². The first-order chi connectivity index (χ1) is 6.50. The van der Waals surface area contributed by atoms with Crippen molar-refractivity contribution < 1.29 is 0 Å². The highest BCUT2D eigenvalue weighted by atomic mass is 79.9. The fraction of sp³-hybridized carbons (Fsp3) is 0.500. The summed E-state index contributed by atoms with van der Waals surface area (Å²) in [6.07, 6.45) is 1.08. The Labute approximate surface area is 103 Å². The number of hydrogen-bond acceptors (Lipinski definition) is 0. The predicted molar refractivity (Wildman–Crippen MR) is 70.7 cm³/mol. The van der Waals surface area contributed by atoms with E-state index < -0.39 is 0 Å². The minimum Gasteiger partial charge on any atom is -0.0881 e. The zero-order valence-electron chi connectivity index (χ0n) is 8.85. The Hall–Kier alpha value is 0.180. The highest BCUT2D eigenvalue weighted by Gasteiger charge is 2.11. The number of alkyl halides is 2. The van der Waals surface area contributed by atoms with E-state index >= 15 is 0 Å². The normalized spacial score (nSPS) is 15.2. The fourth-order valence-electron chi connectivity index (χ4n) is 1.32. The maximum Gasteiger partial charge on any atom is 0.0308 e. The van der Waals surface area contributed by atoms with Crippen LogP contribution < -0.4 is 0 Å². The van der Waals surface area contributed by atoms with Gasteiger partial charge >= 0.3 is 0 Å². The van der Waals surface area contributed by atoms with Gasteiger partial charge in [-0.05, 0) is 37.0 Å². The second kappa shape index (κ2) is 5.32. The van der Waals surface area contributed by atoms with Gasteiger partial charge in [-0.1, -0.05) is 57.0 Å². The van der Waals surface area contributed by atoms with Crippen LogP contribution in [-0.4, -0.2) is 9.65 Å². The third-order valence-electron chi connectivity index (χ3n) is 2.50. The Morgan fingerprint density at radius 3 is 2.29 bits per heavy atom. The summed E-state index contributed by atoms with van der Waals surface area (Å²) in [5.41, 5.74) is 4.15. The molecule has 0 amide bonds. The summed E-state index contributed by atoms with van der Waals surface area (Å²) in [5.74, 6) is 0. The van der Waals surface area contributed by atoms with Gasteiger partial charge in [-0.25, -0.2) is 0 Å². The second-order valence-electron chi connectivity index (χ2n) is 3.82. The molecule has 0 aromatic heterocycles. The van der Waals surface area contributed by atoms with E-state index in [1.807, 2.05) is 0 Å². The Morgan fingerprint density at radius 1 is 1.14 bits per heavy atom. The van der Waals surface area contributed by atoms with Crippen molar-refractivity contribution in [2.45, 2.75) is 36.8 Å². The molecule has 0 nitrogen and oxygen atoms in total. The van der Waals surface area contributed by atoms with Crippen LogP contribution in [0.2, 0.25) is 0 Å². The summed E-state index contributed by atoms with van der Waals surface area (Å²) in [6, 6.07) is 6.69. The molecule has 78 valence electrons. The standard InChI is InChI=1S/C12H16Br2/c1-8-4-5-11(6-9(8)2)7-12(14)10(3)13/h4-6,10,12H,7H2,1-3H3. The van der Waals surface area contributed by atoms with Crippen LogP contribution in [0.1, 0.15) is 23.6 Å². The van der Waals surface area contributed by atoms with Gasteiger partial charge in [0.05, 0.1) is 0 Å². The lowest BCUT2D eigenvalue weighted by atomic mass is 10.0. The maximum absolute atomic E-state index is 3.68. The summed E-state index contributed by atoms with van der Waals surface area (Å²) in [4.78, 5) is 1.01. The molecule has 0 fully saturated rings. The van der Waals surface area contributed by atoms with Gasteiger partial charge < -0.3 is 0 Å². The van der Waals surface area contributed by atoms with Crippen LogP contribution in [0.5, 0.6) is 0 Å². The summed E-state index contributed by atoms with van der Waals surface area (Å²) in [7, 11) is 0. The predicted octanol–water partition coefficient (Wildman–Crippen LogP) is 4.39. The molecule has 1 aromatic carbocycles. The largest absolute Gasteiger partial charge is 0.0881 e. The number of hydrogen-bond donors (Lipinski definition) is 0. The van der Waals surface area contributed by atoms with Gasteiger partial charge in [-0.3, -0.25) is 0 Å². The highest BCUT2D eigenvalue weighted by Crippen LogP contribution is 2.20. The number of aryl methyl sites for hydroxylation is 2. The Bertz CT molecular complexity index is 305.